The van der Waals surface area contributed by atoms with Crippen molar-refractivity contribution in [2.45, 2.75) is 4.90 Å². The molecule has 0 heterocycles. The summed E-state index contributed by atoms with van der Waals surface area (Å²) < 4.78 is 13.0. The van der Waals surface area contributed by atoms with Crippen molar-refractivity contribution in [2.75, 3.05) is 12.4 Å². The molecule has 12 heavy (non-hydrogen) atoms. The van der Waals surface area contributed by atoms with Gasteiger partial charge in [0.15, 0.2) is 11.6 Å². The number of rotatable bonds is 3. The van der Waals surface area contributed by atoms with Crippen LogP contribution in [0, 0.1) is 5.82 Å². The zero-order valence-corrected chi connectivity index (χ0v) is 7.14. The standard InChI is InChI=1S/C8H9FO2S/c9-8-6(11)2-1-3-7(8)12-5-4-10/h1-3,10-11H,4-5H2. The van der Waals surface area contributed by atoms with Gasteiger partial charge in [-0.1, -0.05) is 6.07 Å². The lowest BCUT2D eigenvalue weighted by molar-refractivity contribution is 0.322. The Hall–Kier alpha value is -0.740. The van der Waals surface area contributed by atoms with Crippen LogP contribution >= 0.6 is 11.8 Å². The van der Waals surface area contributed by atoms with Gasteiger partial charge in [0.25, 0.3) is 0 Å². The third-order valence-electron chi connectivity index (χ3n) is 1.29. The lowest BCUT2D eigenvalue weighted by Gasteiger charge is -2.01. The van der Waals surface area contributed by atoms with Crippen LogP contribution in [0.15, 0.2) is 23.1 Å². The van der Waals surface area contributed by atoms with E-state index in [1.165, 1.54) is 17.8 Å². The highest BCUT2D eigenvalue weighted by molar-refractivity contribution is 7.99. The molecule has 0 aromatic heterocycles. The van der Waals surface area contributed by atoms with E-state index in [-0.39, 0.29) is 12.4 Å². The van der Waals surface area contributed by atoms with Gasteiger partial charge in [0, 0.05) is 10.6 Å². The second kappa shape index (κ2) is 4.33. The lowest BCUT2D eigenvalue weighted by Crippen LogP contribution is -1.88. The first-order valence-corrected chi connectivity index (χ1v) is 4.45. The molecule has 0 atom stereocenters. The maximum atomic E-state index is 13.0. The zero-order valence-electron chi connectivity index (χ0n) is 6.33. The summed E-state index contributed by atoms with van der Waals surface area (Å²) in [7, 11) is 0. The van der Waals surface area contributed by atoms with E-state index in [2.05, 4.69) is 0 Å². The van der Waals surface area contributed by atoms with Gasteiger partial charge in [-0.05, 0) is 12.1 Å². The maximum Gasteiger partial charge on any atom is 0.178 e. The van der Waals surface area contributed by atoms with Gasteiger partial charge in [-0.25, -0.2) is 4.39 Å². The molecule has 2 nitrogen and oxygen atoms in total. The van der Waals surface area contributed by atoms with Crippen molar-refractivity contribution in [1.82, 2.24) is 0 Å². The molecule has 2 N–H and O–H groups in total. The summed E-state index contributed by atoms with van der Waals surface area (Å²) in [6.45, 7) is -0.000235. The van der Waals surface area contributed by atoms with E-state index in [0.717, 1.165) is 0 Å². The zero-order chi connectivity index (χ0) is 8.97. The Labute approximate surface area is 74.0 Å². The van der Waals surface area contributed by atoms with Gasteiger partial charge < -0.3 is 10.2 Å². The fraction of sp³-hybridized carbons (Fsp3) is 0.250. The van der Waals surface area contributed by atoms with Gasteiger partial charge in [-0.3, -0.25) is 0 Å². The number of thioether (sulfide) groups is 1. The summed E-state index contributed by atoms with van der Waals surface area (Å²) in [6, 6.07) is 4.42. The Balaban J connectivity index is 2.78. The fourth-order valence-corrected chi connectivity index (χ4v) is 1.48. The predicted molar refractivity (Wildman–Crippen MR) is 45.9 cm³/mol. The molecular formula is C8H9FO2S. The van der Waals surface area contributed by atoms with Gasteiger partial charge in [-0.15, -0.1) is 11.8 Å². The van der Waals surface area contributed by atoms with E-state index in [1.54, 1.807) is 12.1 Å². The van der Waals surface area contributed by atoms with Crippen LogP contribution in [0.4, 0.5) is 4.39 Å². The summed E-state index contributed by atoms with van der Waals surface area (Å²) in [6.07, 6.45) is 0. The van der Waals surface area contributed by atoms with Gasteiger partial charge in [0.2, 0.25) is 0 Å². The summed E-state index contributed by atoms with van der Waals surface area (Å²) in [5.74, 6) is -0.533. The van der Waals surface area contributed by atoms with Crippen molar-refractivity contribution in [2.24, 2.45) is 0 Å². The van der Waals surface area contributed by atoms with Gasteiger partial charge in [-0.2, -0.15) is 0 Å². The molecule has 0 aliphatic rings. The smallest absolute Gasteiger partial charge is 0.178 e. The topological polar surface area (TPSA) is 40.5 Å². The Morgan fingerprint density at radius 2 is 2.17 bits per heavy atom. The molecule has 1 rings (SSSR count). The largest absolute Gasteiger partial charge is 0.505 e. The van der Waals surface area contributed by atoms with E-state index in [9.17, 15) is 4.39 Å². The summed E-state index contributed by atoms with van der Waals surface area (Å²) >= 11 is 1.18. The average Bonchev–Trinajstić information content (AvgIpc) is 2.08. The molecular weight excluding hydrogens is 179 g/mol. The average molecular weight is 188 g/mol. The van der Waals surface area contributed by atoms with Crippen molar-refractivity contribution in [1.29, 1.82) is 0 Å². The minimum Gasteiger partial charge on any atom is -0.505 e. The van der Waals surface area contributed by atoms with E-state index in [4.69, 9.17) is 10.2 Å². The molecule has 0 radical (unpaired) electrons. The number of hydrogen-bond donors (Lipinski definition) is 2. The van der Waals surface area contributed by atoms with Crippen LogP contribution in [0.25, 0.3) is 0 Å². The van der Waals surface area contributed by atoms with E-state index >= 15 is 0 Å². The number of benzene rings is 1. The first kappa shape index (κ1) is 9.35. The van der Waals surface area contributed by atoms with Crippen LogP contribution in [-0.4, -0.2) is 22.6 Å². The van der Waals surface area contributed by atoms with Gasteiger partial charge >= 0.3 is 0 Å². The monoisotopic (exact) mass is 188 g/mol. The third-order valence-corrected chi connectivity index (χ3v) is 2.30. The molecule has 66 valence electrons. The van der Waals surface area contributed by atoms with Crippen LogP contribution < -0.4 is 0 Å². The van der Waals surface area contributed by atoms with Crippen molar-refractivity contribution in [3.05, 3.63) is 24.0 Å². The minimum absolute atomic E-state index is 0.000235. The predicted octanol–water partition coefficient (Wildman–Crippen LogP) is 1.62. The highest BCUT2D eigenvalue weighted by atomic mass is 32.2. The molecule has 0 aliphatic heterocycles. The molecule has 1 aromatic rings. The second-order valence-corrected chi connectivity index (χ2v) is 3.30. The summed E-state index contributed by atoms with van der Waals surface area (Å²) in [5, 5.41) is 17.4. The van der Waals surface area contributed by atoms with Crippen LogP contribution in [0.3, 0.4) is 0 Å². The normalized spacial score (nSPS) is 10.2. The summed E-state index contributed by atoms with van der Waals surface area (Å²) in [4.78, 5) is 0.365. The quantitative estimate of drug-likeness (QED) is 0.708. The Morgan fingerprint density at radius 1 is 1.42 bits per heavy atom. The molecule has 0 saturated carbocycles. The molecule has 0 spiro atoms. The van der Waals surface area contributed by atoms with Gasteiger partial charge in [0.05, 0.1) is 6.61 Å². The van der Waals surface area contributed by atoms with Crippen molar-refractivity contribution >= 4 is 11.8 Å². The number of aromatic hydroxyl groups is 1. The summed E-state index contributed by atoms with van der Waals surface area (Å²) in [5.41, 5.74) is 0. The van der Waals surface area contributed by atoms with Crippen LogP contribution in [0.2, 0.25) is 0 Å². The molecule has 0 saturated heterocycles. The first-order valence-electron chi connectivity index (χ1n) is 3.47. The number of phenols is 1. The third kappa shape index (κ3) is 2.12. The maximum absolute atomic E-state index is 13.0. The Morgan fingerprint density at radius 3 is 2.83 bits per heavy atom. The number of aliphatic hydroxyl groups excluding tert-OH is 1. The molecule has 4 heteroatoms. The second-order valence-electron chi connectivity index (χ2n) is 2.16. The fourth-order valence-electron chi connectivity index (χ4n) is 0.766. The molecule has 0 bridgehead atoms. The molecule has 1 aromatic carbocycles. The van der Waals surface area contributed by atoms with Crippen LogP contribution in [0.5, 0.6) is 5.75 Å². The van der Waals surface area contributed by atoms with Gasteiger partial charge in [0.1, 0.15) is 0 Å². The highest BCUT2D eigenvalue weighted by Crippen LogP contribution is 2.26. The molecule has 0 aliphatic carbocycles. The van der Waals surface area contributed by atoms with Crippen molar-refractivity contribution < 1.29 is 14.6 Å². The molecule has 0 fully saturated rings. The number of aliphatic hydroxyl groups is 1. The number of phenolic OH excluding ortho intramolecular Hbond substituents is 1. The van der Waals surface area contributed by atoms with E-state index in [1.807, 2.05) is 0 Å². The van der Waals surface area contributed by atoms with E-state index < -0.39 is 5.82 Å². The van der Waals surface area contributed by atoms with Crippen molar-refractivity contribution in [3.8, 4) is 5.75 Å². The first-order chi connectivity index (χ1) is 5.75. The van der Waals surface area contributed by atoms with Crippen LogP contribution in [-0.2, 0) is 0 Å². The highest BCUT2D eigenvalue weighted by Gasteiger charge is 2.05. The lowest BCUT2D eigenvalue weighted by atomic mass is 10.3. The Bertz CT molecular complexity index is 265. The minimum atomic E-state index is -0.615. The SMILES string of the molecule is OCCSc1cccc(O)c1F. The van der Waals surface area contributed by atoms with Crippen LogP contribution in [0.1, 0.15) is 0 Å². The number of hydrogen-bond acceptors (Lipinski definition) is 3. The van der Waals surface area contributed by atoms with E-state index in [0.29, 0.717) is 10.6 Å². The molecule has 0 unspecified atom stereocenters. The van der Waals surface area contributed by atoms with Crippen molar-refractivity contribution in [3.63, 3.8) is 0 Å². The number of halogens is 1. The molecule has 0 amide bonds. The Kier molecular flexibility index (Phi) is 3.37.